The molecular weight excluding hydrogens is 341 g/mol. The van der Waals surface area contributed by atoms with Crippen LogP contribution in [0.15, 0.2) is 36.4 Å². The van der Waals surface area contributed by atoms with E-state index in [2.05, 4.69) is 5.32 Å². The van der Waals surface area contributed by atoms with Crippen molar-refractivity contribution in [2.45, 2.75) is 19.4 Å². The lowest BCUT2D eigenvalue weighted by molar-refractivity contribution is -0.142. The van der Waals surface area contributed by atoms with Gasteiger partial charge in [-0.2, -0.15) is 0 Å². The van der Waals surface area contributed by atoms with Crippen LogP contribution < -0.4 is 14.8 Å². The molecule has 136 valence electrons. The van der Waals surface area contributed by atoms with Gasteiger partial charge in [0.05, 0.1) is 6.42 Å². The molecule has 0 spiro atoms. The molecule has 1 heterocycles. The van der Waals surface area contributed by atoms with E-state index in [-0.39, 0.29) is 6.42 Å². The number of carboxylic acids is 1. The number of carbonyl (C=O) groups is 2. The van der Waals surface area contributed by atoms with E-state index in [1.807, 2.05) is 0 Å². The normalized spacial score (nSPS) is 13.8. The van der Waals surface area contributed by atoms with Gasteiger partial charge in [-0.05, 0) is 41.8 Å². The Morgan fingerprint density at radius 1 is 1.15 bits per heavy atom. The van der Waals surface area contributed by atoms with E-state index in [4.69, 9.17) is 9.47 Å². The molecule has 0 radical (unpaired) electrons. The number of benzene rings is 2. The van der Waals surface area contributed by atoms with Crippen LogP contribution in [0, 0.1) is 12.7 Å². The lowest BCUT2D eigenvalue weighted by atomic mass is 10.0. The zero-order valence-electron chi connectivity index (χ0n) is 14.1. The van der Waals surface area contributed by atoms with Gasteiger partial charge in [-0.3, -0.25) is 4.79 Å². The second kappa shape index (κ2) is 7.43. The number of hydrogen-bond donors (Lipinski definition) is 2. The molecule has 3 rings (SSSR count). The fourth-order valence-corrected chi connectivity index (χ4v) is 2.73. The SMILES string of the molecule is Cc1cc(C(NC(=O)Cc2ccc3c(c2)OCCO3)C(=O)O)ccc1F. The minimum atomic E-state index is -1.25. The Morgan fingerprint density at radius 3 is 2.58 bits per heavy atom. The highest BCUT2D eigenvalue weighted by molar-refractivity contribution is 5.85. The summed E-state index contributed by atoms with van der Waals surface area (Å²) < 4.78 is 24.3. The number of rotatable bonds is 5. The van der Waals surface area contributed by atoms with Crippen molar-refractivity contribution in [3.63, 3.8) is 0 Å². The first-order valence-corrected chi connectivity index (χ1v) is 8.11. The van der Waals surface area contributed by atoms with Gasteiger partial charge in [0.1, 0.15) is 19.0 Å². The summed E-state index contributed by atoms with van der Waals surface area (Å²) >= 11 is 0. The second-order valence-corrected chi connectivity index (χ2v) is 6.00. The predicted octanol–water partition coefficient (Wildman–Crippen LogP) is 2.39. The standard InChI is InChI=1S/C19H18FNO5/c1-11-8-13(3-4-14(11)20)18(19(23)24)21-17(22)10-12-2-5-15-16(9-12)26-7-6-25-15/h2-5,8-9,18H,6-7,10H2,1H3,(H,21,22)(H,23,24). The van der Waals surface area contributed by atoms with Crippen molar-refractivity contribution in [3.05, 3.63) is 58.9 Å². The van der Waals surface area contributed by atoms with Gasteiger partial charge in [0.2, 0.25) is 5.91 Å². The number of amides is 1. The molecule has 6 nitrogen and oxygen atoms in total. The molecule has 1 unspecified atom stereocenters. The molecule has 1 aliphatic heterocycles. The summed E-state index contributed by atoms with van der Waals surface area (Å²) in [6.07, 6.45) is -0.0133. The highest BCUT2D eigenvalue weighted by Crippen LogP contribution is 2.31. The van der Waals surface area contributed by atoms with E-state index in [0.717, 1.165) is 0 Å². The smallest absolute Gasteiger partial charge is 0.330 e. The van der Waals surface area contributed by atoms with Gasteiger partial charge in [0.15, 0.2) is 17.5 Å². The van der Waals surface area contributed by atoms with Gasteiger partial charge in [0.25, 0.3) is 0 Å². The van der Waals surface area contributed by atoms with Crippen LogP contribution >= 0.6 is 0 Å². The maximum Gasteiger partial charge on any atom is 0.330 e. The molecule has 0 saturated carbocycles. The maximum atomic E-state index is 13.4. The van der Waals surface area contributed by atoms with Crippen LogP contribution in [-0.2, 0) is 16.0 Å². The first-order valence-electron chi connectivity index (χ1n) is 8.11. The molecule has 1 aliphatic rings. The number of fused-ring (bicyclic) bond motifs is 1. The molecule has 0 saturated heterocycles. The summed E-state index contributed by atoms with van der Waals surface area (Å²) in [5, 5.41) is 11.9. The molecule has 26 heavy (non-hydrogen) atoms. The molecule has 0 aromatic heterocycles. The Morgan fingerprint density at radius 2 is 1.88 bits per heavy atom. The van der Waals surface area contributed by atoms with E-state index in [1.54, 1.807) is 18.2 Å². The van der Waals surface area contributed by atoms with Gasteiger partial charge in [0, 0.05) is 0 Å². The van der Waals surface area contributed by atoms with E-state index in [1.165, 1.54) is 25.1 Å². The van der Waals surface area contributed by atoms with Gasteiger partial charge in [-0.25, -0.2) is 9.18 Å². The third-order valence-corrected chi connectivity index (χ3v) is 4.04. The molecule has 1 amide bonds. The first kappa shape index (κ1) is 17.7. The fraction of sp³-hybridized carbons (Fsp3) is 0.263. The summed E-state index contributed by atoms with van der Waals surface area (Å²) in [6, 6.07) is 7.85. The molecule has 7 heteroatoms. The van der Waals surface area contributed by atoms with Crippen molar-refractivity contribution in [1.82, 2.24) is 5.32 Å². The first-order chi connectivity index (χ1) is 12.4. The van der Waals surface area contributed by atoms with Crippen molar-refractivity contribution in [2.24, 2.45) is 0 Å². The van der Waals surface area contributed by atoms with E-state index < -0.39 is 23.7 Å². The van der Waals surface area contributed by atoms with Crippen molar-refractivity contribution in [1.29, 1.82) is 0 Å². The number of carboxylic acid groups (broad SMARTS) is 1. The summed E-state index contributed by atoms with van der Waals surface area (Å²) in [7, 11) is 0. The average Bonchev–Trinajstić information content (AvgIpc) is 2.62. The van der Waals surface area contributed by atoms with E-state index >= 15 is 0 Å². The zero-order chi connectivity index (χ0) is 18.7. The van der Waals surface area contributed by atoms with Crippen LogP contribution in [0.1, 0.15) is 22.7 Å². The Balaban J connectivity index is 1.72. The number of aryl methyl sites for hydroxylation is 1. The Labute approximate surface area is 149 Å². The van der Waals surface area contributed by atoms with Gasteiger partial charge >= 0.3 is 5.97 Å². The third kappa shape index (κ3) is 3.93. The largest absolute Gasteiger partial charge is 0.486 e. The number of nitrogens with one attached hydrogen (secondary N) is 1. The molecule has 2 aromatic rings. The highest BCUT2D eigenvalue weighted by atomic mass is 19.1. The molecule has 2 aromatic carbocycles. The second-order valence-electron chi connectivity index (χ2n) is 6.00. The van der Waals surface area contributed by atoms with Crippen molar-refractivity contribution in [3.8, 4) is 11.5 Å². The van der Waals surface area contributed by atoms with Crippen LogP contribution in [0.25, 0.3) is 0 Å². The number of ether oxygens (including phenoxy) is 2. The van der Waals surface area contributed by atoms with Crippen LogP contribution in [0.3, 0.4) is 0 Å². The minimum Gasteiger partial charge on any atom is -0.486 e. The lowest BCUT2D eigenvalue weighted by Gasteiger charge is -2.19. The maximum absolute atomic E-state index is 13.4. The number of aliphatic carboxylic acids is 1. The molecule has 2 N–H and O–H groups in total. The Bertz CT molecular complexity index is 852. The van der Waals surface area contributed by atoms with Crippen molar-refractivity contribution < 1.29 is 28.6 Å². The van der Waals surface area contributed by atoms with Gasteiger partial charge < -0.3 is 19.9 Å². The number of carbonyl (C=O) groups excluding carboxylic acids is 1. The van der Waals surface area contributed by atoms with Crippen LogP contribution in [0.4, 0.5) is 4.39 Å². The topological polar surface area (TPSA) is 84.9 Å². The van der Waals surface area contributed by atoms with E-state index in [9.17, 15) is 19.1 Å². The molecule has 1 atom stereocenters. The minimum absolute atomic E-state index is 0.0133. The molecule has 0 bridgehead atoms. The van der Waals surface area contributed by atoms with Crippen molar-refractivity contribution in [2.75, 3.05) is 13.2 Å². The summed E-state index contributed by atoms with van der Waals surface area (Å²) in [6.45, 7) is 2.45. The molecular formula is C19H18FNO5. The highest BCUT2D eigenvalue weighted by Gasteiger charge is 2.23. The number of halogens is 1. The third-order valence-electron chi connectivity index (χ3n) is 4.04. The Kier molecular flexibility index (Phi) is 5.06. The summed E-state index contributed by atoms with van der Waals surface area (Å²) in [5.41, 5.74) is 1.30. The summed E-state index contributed by atoms with van der Waals surface area (Å²) in [5.74, 6) is -0.931. The molecule has 0 fully saturated rings. The van der Waals surface area contributed by atoms with Gasteiger partial charge in [-0.15, -0.1) is 0 Å². The quantitative estimate of drug-likeness (QED) is 0.856. The predicted molar refractivity (Wildman–Crippen MR) is 90.8 cm³/mol. The average molecular weight is 359 g/mol. The van der Waals surface area contributed by atoms with Crippen molar-refractivity contribution >= 4 is 11.9 Å². The van der Waals surface area contributed by atoms with Crippen LogP contribution in [-0.4, -0.2) is 30.2 Å². The monoisotopic (exact) mass is 359 g/mol. The van der Waals surface area contributed by atoms with E-state index in [0.29, 0.717) is 41.4 Å². The van der Waals surface area contributed by atoms with Crippen LogP contribution in [0.2, 0.25) is 0 Å². The number of hydrogen-bond acceptors (Lipinski definition) is 4. The van der Waals surface area contributed by atoms with Gasteiger partial charge in [-0.1, -0.05) is 18.2 Å². The fourth-order valence-electron chi connectivity index (χ4n) is 2.73. The van der Waals surface area contributed by atoms with Crippen LogP contribution in [0.5, 0.6) is 11.5 Å². The molecule has 0 aliphatic carbocycles. The lowest BCUT2D eigenvalue weighted by Crippen LogP contribution is -2.34. The summed E-state index contributed by atoms with van der Waals surface area (Å²) in [4.78, 5) is 23.8. The zero-order valence-corrected chi connectivity index (χ0v) is 14.1. The Hall–Kier alpha value is -3.09.